The van der Waals surface area contributed by atoms with Gasteiger partial charge in [0.05, 0.1) is 5.70 Å². The molecule has 2 aromatic rings. The molecule has 0 radical (unpaired) electrons. The van der Waals surface area contributed by atoms with Gasteiger partial charge in [-0.15, -0.1) is 0 Å². The van der Waals surface area contributed by atoms with Crippen molar-refractivity contribution in [2.75, 3.05) is 0 Å². The molecule has 1 unspecified atom stereocenters. The number of hydroxylamine groups is 1. The Labute approximate surface area is 160 Å². The van der Waals surface area contributed by atoms with Crippen molar-refractivity contribution in [1.82, 2.24) is 5.48 Å². The minimum absolute atomic E-state index is 0.0936. The van der Waals surface area contributed by atoms with E-state index in [1.807, 2.05) is 6.92 Å². The zero-order valence-corrected chi connectivity index (χ0v) is 15.8. The summed E-state index contributed by atoms with van der Waals surface area (Å²) in [7, 11) is 0. The summed E-state index contributed by atoms with van der Waals surface area (Å²) < 4.78 is 42.5. The van der Waals surface area contributed by atoms with Crippen molar-refractivity contribution < 1.29 is 18.0 Å². The van der Waals surface area contributed by atoms with Crippen LogP contribution in [-0.4, -0.2) is 6.18 Å². The fourth-order valence-corrected chi connectivity index (χ4v) is 3.34. The van der Waals surface area contributed by atoms with Crippen LogP contribution < -0.4 is 5.48 Å². The molecule has 0 spiro atoms. The van der Waals surface area contributed by atoms with Crippen LogP contribution in [-0.2, 0) is 10.4 Å². The fraction of sp³-hybridized carbons (Fsp3) is 0.176. The number of nitrogens with one attached hydrogen (secondary N) is 1. The minimum Gasteiger partial charge on any atom is -0.265 e. The van der Waals surface area contributed by atoms with Gasteiger partial charge in [-0.05, 0) is 48.9 Å². The molecule has 132 valence electrons. The maximum Gasteiger partial charge on any atom is 0.428 e. The van der Waals surface area contributed by atoms with Crippen LogP contribution >= 0.6 is 39.1 Å². The number of rotatable bonds is 2. The quantitative estimate of drug-likeness (QED) is 0.569. The average molecular weight is 453 g/mol. The first kappa shape index (κ1) is 18.6. The lowest BCUT2D eigenvalue weighted by Crippen LogP contribution is -2.42. The summed E-state index contributed by atoms with van der Waals surface area (Å²) in [5.41, 5.74) is 1.18. The van der Waals surface area contributed by atoms with Crippen LogP contribution in [0.1, 0.15) is 16.7 Å². The van der Waals surface area contributed by atoms with Gasteiger partial charge >= 0.3 is 6.18 Å². The van der Waals surface area contributed by atoms with Crippen molar-refractivity contribution in [3.8, 4) is 0 Å². The van der Waals surface area contributed by atoms with Gasteiger partial charge in [0.1, 0.15) is 0 Å². The van der Waals surface area contributed by atoms with Gasteiger partial charge < -0.3 is 0 Å². The molecular formula is C17H11BrCl2F3NO. The first-order valence-corrected chi connectivity index (χ1v) is 8.64. The Balaban J connectivity index is 2.15. The standard InChI is InChI=1S/C17H11BrCl2F3NO/c1-9-4-10(2-3-14(9)18)15-8-16(25-24-15,17(21,22)23)11-5-12(19)7-13(20)6-11/h2-8,24H,1H3. The van der Waals surface area contributed by atoms with E-state index >= 15 is 0 Å². The van der Waals surface area contributed by atoms with Gasteiger partial charge in [0.2, 0.25) is 5.60 Å². The zero-order valence-electron chi connectivity index (χ0n) is 12.7. The molecule has 2 nitrogen and oxygen atoms in total. The lowest BCUT2D eigenvalue weighted by Gasteiger charge is -2.28. The van der Waals surface area contributed by atoms with Gasteiger partial charge in [-0.2, -0.15) is 13.2 Å². The lowest BCUT2D eigenvalue weighted by molar-refractivity contribution is -0.269. The second-order valence-corrected chi connectivity index (χ2v) is 7.34. The Bertz CT molecular complexity index is 849. The molecule has 1 heterocycles. The number of hydrogen-bond donors (Lipinski definition) is 1. The molecule has 8 heteroatoms. The third-order valence-electron chi connectivity index (χ3n) is 3.85. The van der Waals surface area contributed by atoms with E-state index in [4.69, 9.17) is 28.0 Å². The number of benzene rings is 2. The molecule has 3 rings (SSSR count). The summed E-state index contributed by atoms with van der Waals surface area (Å²) in [6, 6.07) is 8.95. The van der Waals surface area contributed by atoms with Crippen molar-refractivity contribution in [2.45, 2.75) is 18.7 Å². The molecule has 0 amide bonds. The van der Waals surface area contributed by atoms with E-state index in [0.29, 0.717) is 5.56 Å². The molecule has 0 aromatic heterocycles. The molecular weight excluding hydrogens is 442 g/mol. The molecule has 1 aliphatic rings. The van der Waals surface area contributed by atoms with Gasteiger partial charge in [0, 0.05) is 25.6 Å². The second-order valence-electron chi connectivity index (χ2n) is 5.62. The fourth-order valence-electron chi connectivity index (χ4n) is 2.57. The van der Waals surface area contributed by atoms with Crippen LogP contribution in [0.5, 0.6) is 0 Å². The van der Waals surface area contributed by atoms with E-state index < -0.39 is 11.8 Å². The van der Waals surface area contributed by atoms with Crippen LogP contribution in [0.3, 0.4) is 0 Å². The monoisotopic (exact) mass is 451 g/mol. The summed E-state index contributed by atoms with van der Waals surface area (Å²) >= 11 is 15.1. The highest BCUT2D eigenvalue weighted by Crippen LogP contribution is 2.48. The SMILES string of the molecule is Cc1cc(C2=CC(c3cc(Cl)cc(Cl)c3)(C(F)(F)F)ON2)ccc1Br. The molecule has 0 fully saturated rings. The van der Waals surface area contributed by atoms with E-state index in [-0.39, 0.29) is 21.3 Å². The van der Waals surface area contributed by atoms with E-state index in [9.17, 15) is 13.2 Å². The van der Waals surface area contributed by atoms with Gasteiger partial charge in [0.25, 0.3) is 0 Å². The zero-order chi connectivity index (χ0) is 18.4. The van der Waals surface area contributed by atoms with Crippen LogP contribution in [0.15, 0.2) is 46.9 Å². The molecule has 0 saturated heterocycles. The van der Waals surface area contributed by atoms with Crippen molar-refractivity contribution in [3.63, 3.8) is 0 Å². The Hall–Kier alpha value is -1.21. The van der Waals surface area contributed by atoms with Crippen molar-refractivity contribution in [1.29, 1.82) is 0 Å². The van der Waals surface area contributed by atoms with Crippen LogP contribution in [0.4, 0.5) is 13.2 Å². The van der Waals surface area contributed by atoms with Gasteiger partial charge in [0.15, 0.2) is 0 Å². The van der Waals surface area contributed by atoms with E-state index in [2.05, 4.69) is 21.4 Å². The van der Waals surface area contributed by atoms with E-state index in [0.717, 1.165) is 16.1 Å². The highest BCUT2D eigenvalue weighted by molar-refractivity contribution is 9.10. The lowest BCUT2D eigenvalue weighted by atomic mass is 9.91. The molecule has 1 atom stereocenters. The Kier molecular flexibility index (Phi) is 4.83. The largest absolute Gasteiger partial charge is 0.428 e. The third-order valence-corrected chi connectivity index (χ3v) is 5.18. The average Bonchev–Trinajstić information content (AvgIpc) is 2.95. The topological polar surface area (TPSA) is 21.3 Å². The molecule has 0 saturated carbocycles. The summed E-state index contributed by atoms with van der Waals surface area (Å²) in [6.07, 6.45) is -3.72. The summed E-state index contributed by atoms with van der Waals surface area (Å²) in [5.74, 6) is 0. The van der Waals surface area contributed by atoms with Gasteiger partial charge in [-0.1, -0.05) is 45.2 Å². The highest BCUT2D eigenvalue weighted by atomic mass is 79.9. The predicted molar refractivity (Wildman–Crippen MR) is 95.3 cm³/mol. The maximum absolute atomic E-state index is 13.9. The molecule has 2 aromatic carbocycles. The smallest absolute Gasteiger partial charge is 0.265 e. The van der Waals surface area contributed by atoms with Crippen molar-refractivity contribution in [2.24, 2.45) is 0 Å². The minimum atomic E-state index is -4.72. The number of hydrogen-bond acceptors (Lipinski definition) is 2. The number of halogens is 6. The summed E-state index contributed by atoms with van der Waals surface area (Å²) in [4.78, 5) is 5.04. The summed E-state index contributed by atoms with van der Waals surface area (Å²) in [5, 5.41) is 0.187. The highest BCUT2D eigenvalue weighted by Gasteiger charge is 2.59. The van der Waals surface area contributed by atoms with E-state index in [1.54, 1.807) is 18.2 Å². The number of aryl methyl sites for hydroxylation is 1. The van der Waals surface area contributed by atoms with Crippen LogP contribution in [0, 0.1) is 6.92 Å². The van der Waals surface area contributed by atoms with Gasteiger partial charge in [-0.25, -0.2) is 0 Å². The maximum atomic E-state index is 13.9. The van der Waals surface area contributed by atoms with Gasteiger partial charge in [-0.3, -0.25) is 10.3 Å². The molecule has 0 aliphatic carbocycles. The normalized spacial score (nSPS) is 20.4. The predicted octanol–water partition coefficient (Wildman–Crippen LogP) is 6.40. The van der Waals surface area contributed by atoms with Crippen molar-refractivity contribution >= 4 is 44.8 Å². The Morgan fingerprint density at radius 2 is 1.72 bits per heavy atom. The first-order valence-electron chi connectivity index (χ1n) is 7.09. The number of alkyl halides is 3. The third kappa shape index (κ3) is 3.40. The van der Waals surface area contributed by atoms with Crippen molar-refractivity contribution in [3.05, 3.63) is 73.7 Å². The molecule has 1 N–H and O–H groups in total. The van der Waals surface area contributed by atoms with Crippen LogP contribution in [0.25, 0.3) is 5.70 Å². The van der Waals surface area contributed by atoms with Crippen LogP contribution in [0.2, 0.25) is 10.0 Å². The first-order chi connectivity index (χ1) is 11.6. The molecule has 0 bridgehead atoms. The molecule has 25 heavy (non-hydrogen) atoms. The summed E-state index contributed by atoms with van der Waals surface area (Å²) in [6.45, 7) is 1.84. The second kappa shape index (κ2) is 6.50. The Morgan fingerprint density at radius 1 is 1.08 bits per heavy atom. The molecule has 1 aliphatic heterocycles. The Morgan fingerprint density at radius 3 is 2.28 bits per heavy atom. The van der Waals surface area contributed by atoms with E-state index in [1.165, 1.54) is 18.2 Å².